The first-order valence-corrected chi connectivity index (χ1v) is 7.64. The van der Waals surface area contributed by atoms with Crippen LogP contribution < -0.4 is 9.47 Å². The molecule has 6 heteroatoms. The van der Waals surface area contributed by atoms with Gasteiger partial charge in [0.1, 0.15) is 17.4 Å². The van der Waals surface area contributed by atoms with Crippen LogP contribution in [0.1, 0.15) is 11.4 Å². The van der Waals surface area contributed by atoms with Crippen LogP contribution in [0.4, 0.5) is 0 Å². The van der Waals surface area contributed by atoms with Crippen molar-refractivity contribution >= 4 is 16.6 Å². The van der Waals surface area contributed by atoms with Crippen LogP contribution in [0.15, 0.2) is 48.2 Å². The lowest BCUT2D eigenvalue weighted by molar-refractivity contribution is 0.354. The first kappa shape index (κ1) is 16.4. The number of hydrogen-bond donors (Lipinski definition) is 2. The van der Waals surface area contributed by atoms with Gasteiger partial charge in [-0.05, 0) is 29.8 Å². The number of nitrogens with zero attached hydrogens (tertiary/aromatic N) is 2. The molecule has 0 saturated heterocycles. The van der Waals surface area contributed by atoms with Crippen molar-refractivity contribution in [2.24, 2.45) is 0 Å². The Balaban J connectivity index is 1.95. The highest BCUT2D eigenvalue weighted by Gasteiger charge is 2.14. The summed E-state index contributed by atoms with van der Waals surface area (Å²) in [6.07, 6.45) is 0.181. The Labute approximate surface area is 145 Å². The second-order valence-corrected chi connectivity index (χ2v) is 5.40. The number of methoxy groups -OCH3 is 2. The summed E-state index contributed by atoms with van der Waals surface area (Å²) in [6, 6.07) is 14.8. The van der Waals surface area contributed by atoms with Gasteiger partial charge in [0.15, 0.2) is 17.3 Å². The predicted octanol–water partition coefficient (Wildman–Crippen LogP) is 3.62. The van der Waals surface area contributed by atoms with E-state index in [1.165, 1.54) is 0 Å². The van der Waals surface area contributed by atoms with E-state index in [9.17, 15) is 10.4 Å². The van der Waals surface area contributed by atoms with Gasteiger partial charge in [-0.3, -0.25) is 0 Å². The molecule has 2 N–H and O–H groups in total. The van der Waals surface area contributed by atoms with Crippen LogP contribution in [-0.2, 0) is 6.42 Å². The number of hydrogen-bond acceptors (Lipinski definition) is 5. The smallest absolute Gasteiger partial charge is 0.161 e. The molecule has 3 aromatic rings. The zero-order valence-electron chi connectivity index (χ0n) is 13.9. The van der Waals surface area contributed by atoms with Crippen LogP contribution in [0.3, 0.4) is 0 Å². The van der Waals surface area contributed by atoms with Gasteiger partial charge < -0.3 is 19.6 Å². The molecule has 1 heterocycles. The Bertz CT molecular complexity index is 950. The van der Waals surface area contributed by atoms with Crippen molar-refractivity contribution in [3.05, 3.63) is 59.6 Å². The van der Waals surface area contributed by atoms with E-state index in [-0.39, 0.29) is 17.8 Å². The first-order chi connectivity index (χ1) is 12.2. The maximum absolute atomic E-state index is 10.5. The van der Waals surface area contributed by atoms with E-state index in [0.29, 0.717) is 17.3 Å². The minimum Gasteiger partial charge on any atom is -0.510 e. The summed E-state index contributed by atoms with van der Waals surface area (Å²) in [6.45, 7) is 0. The largest absolute Gasteiger partial charge is 0.510 e. The van der Waals surface area contributed by atoms with Gasteiger partial charge in [-0.1, -0.05) is 18.2 Å². The number of nitrogens with one attached hydrogen (secondary N) is 1. The third-order valence-corrected chi connectivity index (χ3v) is 3.85. The van der Waals surface area contributed by atoms with Crippen LogP contribution in [0.5, 0.6) is 11.5 Å². The molecule has 0 spiro atoms. The van der Waals surface area contributed by atoms with Gasteiger partial charge in [-0.15, -0.1) is 0 Å². The molecule has 0 radical (unpaired) electrons. The number of ether oxygens (including phenoxy) is 2. The fourth-order valence-corrected chi connectivity index (χ4v) is 2.60. The number of allylic oxidation sites excluding steroid dienone is 2. The van der Waals surface area contributed by atoms with Crippen LogP contribution in [-0.4, -0.2) is 29.3 Å². The van der Waals surface area contributed by atoms with Crippen molar-refractivity contribution in [2.75, 3.05) is 14.2 Å². The maximum atomic E-state index is 10.5. The third-order valence-electron chi connectivity index (χ3n) is 3.85. The molecule has 0 amide bonds. The molecule has 1 aromatic heterocycles. The topological polar surface area (TPSA) is 91.2 Å². The lowest BCUT2D eigenvalue weighted by Gasteiger charge is -2.09. The monoisotopic (exact) mass is 335 g/mol. The third kappa shape index (κ3) is 3.26. The Kier molecular flexibility index (Phi) is 4.57. The lowest BCUT2D eigenvalue weighted by atomic mass is 10.1. The molecule has 0 saturated carbocycles. The number of aliphatic hydroxyl groups is 1. The van der Waals surface area contributed by atoms with Crippen molar-refractivity contribution in [2.45, 2.75) is 6.42 Å². The van der Waals surface area contributed by atoms with Gasteiger partial charge in [0.25, 0.3) is 0 Å². The van der Waals surface area contributed by atoms with Crippen molar-refractivity contribution in [1.29, 1.82) is 5.26 Å². The number of H-pyrrole nitrogens is 1. The predicted molar refractivity (Wildman–Crippen MR) is 94.5 cm³/mol. The van der Waals surface area contributed by atoms with E-state index in [1.807, 2.05) is 36.4 Å². The van der Waals surface area contributed by atoms with E-state index in [2.05, 4.69) is 9.97 Å². The summed E-state index contributed by atoms with van der Waals surface area (Å²) in [4.78, 5) is 7.42. The number of aromatic amines is 1. The second-order valence-electron chi connectivity index (χ2n) is 5.40. The molecule has 0 aliphatic rings. The summed E-state index contributed by atoms with van der Waals surface area (Å²) in [5.74, 6) is 1.46. The van der Waals surface area contributed by atoms with Gasteiger partial charge in [0, 0.05) is 6.42 Å². The summed E-state index contributed by atoms with van der Waals surface area (Å²) in [7, 11) is 3.11. The van der Waals surface area contributed by atoms with E-state index < -0.39 is 0 Å². The quantitative estimate of drug-likeness (QED) is 0.549. The number of para-hydroxylation sites is 2. The van der Waals surface area contributed by atoms with E-state index >= 15 is 0 Å². The van der Waals surface area contributed by atoms with Gasteiger partial charge in [-0.2, -0.15) is 5.26 Å². The number of fused-ring (bicyclic) bond motifs is 1. The Hall–Kier alpha value is -3.46. The van der Waals surface area contributed by atoms with Crippen LogP contribution in [0.25, 0.3) is 16.6 Å². The van der Waals surface area contributed by atoms with E-state index in [4.69, 9.17) is 9.47 Å². The van der Waals surface area contributed by atoms with Gasteiger partial charge >= 0.3 is 0 Å². The Morgan fingerprint density at radius 3 is 2.60 bits per heavy atom. The average molecular weight is 335 g/mol. The van der Waals surface area contributed by atoms with Crippen molar-refractivity contribution in [3.8, 4) is 17.6 Å². The molecule has 0 aliphatic heterocycles. The number of imidazole rings is 1. The normalized spacial score (nSPS) is 11.7. The molecule has 126 valence electrons. The molecule has 0 aliphatic carbocycles. The molecule has 6 nitrogen and oxygen atoms in total. The zero-order chi connectivity index (χ0) is 17.8. The Morgan fingerprint density at radius 1 is 1.16 bits per heavy atom. The van der Waals surface area contributed by atoms with Crippen LogP contribution in [0.2, 0.25) is 0 Å². The molecular weight excluding hydrogens is 318 g/mol. The molecule has 0 unspecified atom stereocenters. The number of aliphatic hydroxyl groups excluding tert-OH is 1. The van der Waals surface area contributed by atoms with E-state index in [0.717, 1.165) is 16.6 Å². The average Bonchev–Trinajstić information content (AvgIpc) is 3.05. The Morgan fingerprint density at radius 2 is 1.92 bits per heavy atom. The minimum absolute atomic E-state index is 0.0613. The first-order valence-electron chi connectivity index (χ1n) is 7.64. The molecule has 0 atom stereocenters. The SMILES string of the molecule is COc1ccc(C/C(O)=C(/C#N)c2nc3ccccc3[nH]2)cc1OC. The summed E-state index contributed by atoms with van der Waals surface area (Å²) in [5, 5.41) is 19.9. The number of benzene rings is 2. The van der Waals surface area contributed by atoms with Crippen molar-refractivity contribution in [1.82, 2.24) is 9.97 Å². The standard InChI is InChI=1S/C19H17N3O3/c1-24-17-8-7-12(10-18(17)25-2)9-16(23)13(11-20)19-21-14-5-3-4-6-15(14)22-19/h3-8,10,23H,9H2,1-2H3,(H,21,22)/b16-13+. The molecule has 0 bridgehead atoms. The second kappa shape index (κ2) is 6.97. The highest BCUT2D eigenvalue weighted by Crippen LogP contribution is 2.29. The molecule has 2 aromatic carbocycles. The van der Waals surface area contributed by atoms with E-state index in [1.54, 1.807) is 26.4 Å². The molecule has 25 heavy (non-hydrogen) atoms. The molecular formula is C19H17N3O3. The molecule has 0 fully saturated rings. The van der Waals surface area contributed by atoms with Crippen molar-refractivity contribution in [3.63, 3.8) is 0 Å². The summed E-state index contributed by atoms with van der Waals surface area (Å²) in [5.41, 5.74) is 2.46. The maximum Gasteiger partial charge on any atom is 0.161 e. The summed E-state index contributed by atoms with van der Waals surface area (Å²) >= 11 is 0. The zero-order valence-corrected chi connectivity index (χ0v) is 13.9. The van der Waals surface area contributed by atoms with Crippen LogP contribution in [0, 0.1) is 11.3 Å². The highest BCUT2D eigenvalue weighted by atomic mass is 16.5. The van der Waals surface area contributed by atoms with Crippen LogP contribution >= 0.6 is 0 Å². The minimum atomic E-state index is -0.0613. The number of nitriles is 1. The van der Waals surface area contributed by atoms with Crippen molar-refractivity contribution < 1.29 is 14.6 Å². The fraction of sp³-hybridized carbons (Fsp3) is 0.158. The number of aromatic nitrogens is 2. The molecule has 3 rings (SSSR count). The van der Waals surface area contributed by atoms with Gasteiger partial charge in [0.2, 0.25) is 0 Å². The van der Waals surface area contributed by atoms with Gasteiger partial charge in [-0.25, -0.2) is 4.98 Å². The number of rotatable bonds is 5. The lowest BCUT2D eigenvalue weighted by Crippen LogP contribution is -1.98. The fourth-order valence-electron chi connectivity index (χ4n) is 2.60. The van der Waals surface area contributed by atoms with Gasteiger partial charge in [0.05, 0.1) is 25.3 Å². The highest BCUT2D eigenvalue weighted by molar-refractivity contribution is 5.82. The summed E-state index contributed by atoms with van der Waals surface area (Å²) < 4.78 is 10.5.